The van der Waals surface area contributed by atoms with Crippen LogP contribution in [0.5, 0.6) is 5.75 Å². The van der Waals surface area contributed by atoms with Gasteiger partial charge in [0.1, 0.15) is 11.3 Å². The van der Waals surface area contributed by atoms with E-state index in [1.54, 1.807) is 18.2 Å². The second-order valence-corrected chi connectivity index (χ2v) is 12.5. The molecule has 3 aromatic carbocycles. The number of unbranched alkanes of at least 4 members (excludes halogenated alkanes) is 1. The van der Waals surface area contributed by atoms with Crippen LogP contribution in [0.2, 0.25) is 10.0 Å². The Hall–Kier alpha value is -3.10. The van der Waals surface area contributed by atoms with Gasteiger partial charge in [0.05, 0.1) is 42.9 Å². The van der Waals surface area contributed by atoms with Crippen LogP contribution in [0.1, 0.15) is 37.3 Å². The summed E-state index contributed by atoms with van der Waals surface area (Å²) >= 11 is 13.0. The first-order valence-corrected chi connectivity index (χ1v) is 15.9. The van der Waals surface area contributed by atoms with E-state index in [2.05, 4.69) is 51.6 Å². The number of carbonyl (C=O) groups is 1. The Bertz CT molecular complexity index is 1610. The van der Waals surface area contributed by atoms with Gasteiger partial charge in [-0.2, -0.15) is 0 Å². The fourth-order valence-electron chi connectivity index (χ4n) is 5.20. The summed E-state index contributed by atoms with van der Waals surface area (Å²) in [7, 11) is 4.15. The number of halogens is 3. The van der Waals surface area contributed by atoms with Crippen LogP contribution in [-0.4, -0.2) is 55.7 Å². The summed E-state index contributed by atoms with van der Waals surface area (Å²) in [4.78, 5) is 17.1. The van der Waals surface area contributed by atoms with Gasteiger partial charge in [-0.3, -0.25) is 4.79 Å². The summed E-state index contributed by atoms with van der Waals surface area (Å²) < 4.78 is 13.2. The average molecular weight is 716 g/mol. The van der Waals surface area contributed by atoms with Gasteiger partial charge in [0.2, 0.25) is 5.89 Å². The molecule has 1 heterocycles. The zero-order valence-electron chi connectivity index (χ0n) is 26.3. The zero-order chi connectivity index (χ0) is 31.7. The van der Waals surface area contributed by atoms with Crippen molar-refractivity contribution < 1.29 is 35.4 Å². The number of nitrogens with zero attached hydrogens (tertiary/aromatic N) is 2. The quantitative estimate of drug-likeness (QED) is 0.0921. The predicted molar refractivity (Wildman–Crippen MR) is 183 cm³/mol. The van der Waals surface area contributed by atoms with E-state index in [1.165, 1.54) is 0 Å². The third-order valence-electron chi connectivity index (χ3n) is 7.43. The van der Waals surface area contributed by atoms with Gasteiger partial charge in [0.25, 0.3) is 5.91 Å². The van der Waals surface area contributed by atoms with Gasteiger partial charge in [-0.15, -0.1) is 13.2 Å². The highest BCUT2D eigenvalue weighted by atomic mass is 79.9. The molecule has 1 amide bonds. The molecule has 0 saturated carbocycles. The molecule has 1 aromatic heterocycles. The van der Waals surface area contributed by atoms with E-state index in [4.69, 9.17) is 37.3 Å². The van der Waals surface area contributed by atoms with Crippen molar-refractivity contribution >= 4 is 40.2 Å². The smallest absolute Gasteiger partial charge is 0.275 e. The van der Waals surface area contributed by atoms with Crippen LogP contribution in [0, 0.1) is 0 Å². The fourth-order valence-corrected chi connectivity index (χ4v) is 5.76. The molecule has 6 nitrogen and oxygen atoms in total. The minimum atomic E-state index is 0. The summed E-state index contributed by atoms with van der Waals surface area (Å²) in [5.41, 5.74) is 5.92. The molecule has 4 aromatic rings. The minimum absolute atomic E-state index is 0. The third kappa shape index (κ3) is 9.69. The Balaban J connectivity index is 0.00000552. The molecule has 0 bridgehead atoms. The Labute approximate surface area is 287 Å². The van der Waals surface area contributed by atoms with Gasteiger partial charge in [-0.25, -0.2) is 4.98 Å². The Morgan fingerprint density at radius 1 is 1.04 bits per heavy atom. The van der Waals surface area contributed by atoms with Crippen molar-refractivity contribution in [1.82, 2.24) is 10.3 Å². The van der Waals surface area contributed by atoms with E-state index in [0.717, 1.165) is 65.9 Å². The second-order valence-electron chi connectivity index (χ2n) is 11.6. The summed E-state index contributed by atoms with van der Waals surface area (Å²) in [6.07, 6.45) is 7.97. The van der Waals surface area contributed by atoms with E-state index in [9.17, 15) is 4.79 Å². The van der Waals surface area contributed by atoms with Gasteiger partial charge < -0.3 is 35.9 Å². The lowest BCUT2D eigenvalue weighted by Gasteiger charge is -2.29. The van der Waals surface area contributed by atoms with Gasteiger partial charge >= 0.3 is 0 Å². The minimum Gasteiger partial charge on any atom is -1.00 e. The van der Waals surface area contributed by atoms with E-state index in [-0.39, 0.29) is 22.9 Å². The Morgan fingerprint density at radius 3 is 2.47 bits per heavy atom. The van der Waals surface area contributed by atoms with Crippen molar-refractivity contribution in [2.24, 2.45) is 0 Å². The number of hydrogen-bond donors (Lipinski definition) is 1. The van der Waals surface area contributed by atoms with Crippen LogP contribution in [0.3, 0.4) is 0 Å². The number of fused-ring (bicyclic) bond motifs is 1. The fraction of sp³-hybridized carbons (Fsp3) is 0.333. The SMILES string of the molecule is C=CCc1cc(-c2ccc(OCCC[N+](C)(C)CC(=O)NCCCC)c(CC=C)c2)c2oc(-c3c(Cl)cccc3Cl)nc2c1.[Br-]. The van der Waals surface area contributed by atoms with Gasteiger partial charge in [0, 0.05) is 18.5 Å². The summed E-state index contributed by atoms with van der Waals surface area (Å²) in [6, 6.07) is 15.6. The van der Waals surface area contributed by atoms with E-state index >= 15 is 0 Å². The van der Waals surface area contributed by atoms with Crippen molar-refractivity contribution in [3.05, 3.63) is 95.0 Å². The number of ether oxygens (including phenoxy) is 1. The molecule has 45 heavy (non-hydrogen) atoms. The lowest BCUT2D eigenvalue weighted by molar-refractivity contribution is -0.882. The first-order chi connectivity index (χ1) is 21.2. The second kappa shape index (κ2) is 17.0. The van der Waals surface area contributed by atoms with Crippen molar-refractivity contribution in [3.8, 4) is 28.3 Å². The number of carbonyl (C=O) groups excluding carboxylic acids is 1. The van der Waals surface area contributed by atoms with Gasteiger partial charge in [0.15, 0.2) is 12.1 Å². The molecule has 0 aliphatic heterocycles. The number of allylic oxidation sites excluding steroid dienone is 2. The molecule has 240 valence electrons. The first-order valence-electron chi connectivity index (χ1n) is 15.1. The monoisotopic (exact) mass is 713 g/mol. The number of oxazole rings is 1. The van der Waals surface area contributed by atoms with Crippen LogP contribution in [0.4, 0.5) is 0 Å². The molecule has 9 heteroatoms. The molecule has 0 aliphatic carbocycles. The first kappa shape index (κ1) is 36.4. The van der Waals surface area contributed by atoms with Crippen LogP contribution < -0.4 is 27.0 Å². The highest BCUT2D eigenvalue weighted by Crippen LogP contribution is 2.39. The molecule has 1 N–H and O–H groups in total. The van der Waals surface area contributed by atoms with E-state index < -0.39 is 0 Å². The maximum absolute atomic E-state index is 12.3. The molecule has 0 atom stereocenters. The Morgan fingerprint density at radius 2 is 1.78 bits per heavy atom. The molecule has 0 saturated heterocycles. The highest BCUT2D eigenvalue weighted by molar-refractivity contribution is 6.39. The number of quaternary nitrogens is 1. The van der Waals surface area contributed by atoms with Crippen molar-refractivity contribution in [3.63, 3.8) is 0 Å². The van der Waals surface area contributed by atoms with E-state index in [0.29, 0.717) is 57.6 Å². The molecule has 0 unspecified atom stereocenters. The lowest BCUT2D eigenvalue weighted by Crippen LogP contribution is -3.00. The molecular formula is C36H42BrCl2N3O3. The highest BCUT2D eigenvalue weighted by Gasteiger charge is 2.21. The van der Waals surface area contributed by atoms with Crippen molar-refractivity contribution in [1.29, 1.82) is 0 Å². The number of aromatic nitrogens is 1. The average Bonchev–Trinajstić information content (AvgIpc) is 3.39. The number of benzene rings is 3. The number of nitrogens with one attached hydrogen (secondary N) is 1. The topological polar surface area (TPSA) is 64.4 Å². The van der Waals surface area contributed by atoms with Crippen LogP contribution in [0.15, 0.2) is 78.3 Å². The third-order valence-corrected chi connectivity index (χ3v) is 8.06. The van der Waals surface area contributed by atoms with Crippen molar-refractivity contribution in [2.75, 3.05) is 40.3 Å². The number of hydrogen-bond acceptors (Lipinski definition) is 4. The van der Waals surface area contributed by atoms with E-state index in [1.807, 2.05) is 30.4 Å². The van der Waals surface area contributed by atoms with Gasteiger partial charge in [-0.05, 0) is 72.4 Å². The molecular weight excluding hydrogens is 673 g/mol. The number of rotatable bonds is 16. The molecule has 4 rings (SSSR count). The van der Waals surface area contributed by atoms with Crippen LogP contribution in [0.25, 0.3) is 33.7 Å². The Kier molecular flexibility index (Phi) is 13.7. The normalized spacial score (nSPS) is 11.2. The van der Waals surface area contributed by atoms with Crippen LogP contribution >= 0.6 is 23.2 Å². The van der Waals surface area contributed by atoms with Gasteiger partial charge in [-0.1, -0.05) is 60.8 Å². The summed E-state index contributed by atoms with van der Waals surface area (Å²) in [6.45, 7) is 12.6. The number of amides is 1. The lowest BCUT2D eigenvalue weighted by atomic mass is 9.97. The standard InChI is InChI=1S/C36H41Cl2N3O3.BrH/c1-6-9-18-39-33(42)24-41(4,5)19-11-20-43-32-17-16-26(23-27(32)13-8-3)28-21-25(12-7-2)22-31-35(28)44-36(40-31)34-29(37)14-10-15-30(34)38;/h7-8,10,14-17,21-23H,2-3,6,9,11-13,18-20,24H2,1,4-5H3;1H. The summed E-state index contributed by atoms with van der Waals surface area (Å²) in [5.74, 6) is 1.28. The predicted octanol–water partition coefficient (Wildman–Crippen LogP) is 5.69. The molecule has 0 spiro atoms. The maximum atomic E-state index is 12.3. The molecule has 0 radical (unpaired) electrons. The number of likely N-dealkylation sites (N-methyl/N-ethyl adjacent to an activating group) is 1. The summed E-state index contributed by atoms with van der Waals surface area (Å²) in [5, 5.41) is 3.96. The molecule has 0 fully saturated rings. The largest absolute Gasteiger partial charge is 1.00 e. The maximum Gasteiger partial charge on any atom is 0.275 e. The zero-order valence-corrected chi connectivity index (χ0v) is 29.4. The van der Waals surface area contributed by atoms with Crippen LogP contribution in [-0.2, 0) is 17.6 Å². The molecule has 0 aliphatic rings. The van der Waals surface area contributed by atoms with Crippen molar-refractivity contribution in [2.45, 2.75) is 39.0 Å².